The molecule has 0 radical (unpaired) electrons. The molecule has 2 N–H and O–H groups in total. The standard InChI is InChI=1S/C13H12BrN3O/c14-11-12(15-7-16-13(11)18)17-10-5-8-3-1-2-4-9(8)6-10/h1-4,7,10H,5-6H2,(H2,15,16,17,18). The van der Waals surface area contributed by atoms with E-state index in [1.807, 2.05) is 0 Å². The average molecular weight is 306 g/mol. The van der Waals surface area contributed by atoms with E-state index in [4.69, 9.17) is 0 Å². The molecular weight excluding hydrogens is 294 g/mol. The average Bonchev–Trinajstić information content (AvgIpc) is 2.77. The summed E-state index contributed by atoms with van der Waals surface area (Å²) in [5.41, 5.74) is 2.58. The van der Waals surface area contributed by atoms with Crippen molar-refractivity contribution in [1.82, 2.24) is 9.97 Å². The van der Waals surface area contributed by atoms with Gasteiger partial charge in [-0.05, 0) is 39.9 Å². The fourth-order valence-electron chi connectivity index (χ4n) is 2.34. The van der Waals surface area contributed by atoms with E-state index in [0.717, 1.165) is 12.8 Å². The highest BCUT2D eigenvalue weighted by atomic mass is 79.9. The van der Waals surface area contributed by atoms with Crippen molar-refractivity contribution in [3.05, 3.63) is 56.5 Å². The fraction of sp³-hybridized carbons (Fsp3) is 0.231. The highest BCUT2D eigenvalue weighted by Gasteiger charge is 2.21. The predicted octanol–water partition coefficient (Wildman–Crippen LogP) is 2.11. The maximum atomic E-state index is 11.4. The molecule has 1 aliphatic carbocycles. The first-order chi connectivity index (χ1) is 8.74. The predicted molar refractivity (Wildman–Crippen MR) is 73.8 cm³/mol. The molecule has 4 nitrogen and oxygen atoms in total. The van der Waals surface area contributed by atoms with Crippen LogP contribution in [-0.4, -0.2) is 16.0 Å². The molecule has 0 saturated carbocycles. The SMILES string of the molecule is O=c1[nH]cnc(NC2Cc3ccccc3C2)c1Br. The zero-order valence-electron chi connectivity index (χ0n) is 9.61. The Balaban J connectivity index is 1.80. The minimum absolute atomic E-state index is 0.164. The molecule has 1 aromatic carbocycles. The number of anilines is 1. The summed E-state index contributed by atoms with van der Waals surface area (Å²) in [7, 11) is 0. The van der Waals surface area contributed by atoms with E-state index < -0.39 is 0 Å². The van der Waals surface area contributed by atoms with Gasteiger partial charge in [-0.1, -0.05) is 24.3 Å². The molecule has 1 heterocycles. The lowest BCUT2D eigenvalue weighted by Crippen LogP contribution is -2.22. The van der Waals surface area contributed by atoms with Gasteiger partial charge in [0.2, 0.25) is 0 Å². The van der Waals surface area contributed by atoms with E-state index in [2.05, 4.69) is 55.5 Å². The Labute approximate surface area is 113 Å². The summed E-state index contributed by atoms with van der Waals surface area (Å²) in [6, 6.07) is 8.72. The smallest absolute Gasteiger partial charge is 0.267 e. The van der Waals surface area contributed by atoms with Crippen LogP contribution >= 0.6 is 15.9 Å². The maximum Gasteiger partial charge on any atom is 0.267 e. The molecule has 0 aliphatic heterocycles. The van der Waals surface area contributed by atoms with Gasteiger partial charge in [0.25, 0.3) is 5.56 Å². The number of hydrogen-bond donors (Lipinski definition) is 2. The molecule has 0 amide bonds. The third-order valence-corrected chi connectivity index (χ3v) is 3.92. The van der Waals surface area contributed by atoms with E-state index in [-0.39, 0.29) is 5.56 Å². The van der Waals surface area contributed by atoms with Crippen molar-refractivity contribution in [3.63, 3.8) is 0 Å². The summed E-state index contributed by atoms with van der Waals surface area (Å²) in [5.74, 6) is 0.608. The van der Waals surface area contributed by atoms with Crippen LogP contribution in [0.15, 0.2) is 39.9 Å². The van der Waals surface area contributed by atoms with Gasteiger partial charge in [-0.25, -0.2) is 4.98 Å². The highest BCUT2D eigenvalue weighted by molar-refractivity contribution is 9.10. The Hall–Kier alpha value is -1.62. The van der Waals surface area contributed by atoms with Crippen LogP contribution in [0, 0.1) is 0 Å². The number of aromatic amines is 1. The normalized spacial score (nSPS) is 14.5. The number of aromatic nitrogens is 2. The lowest BCUT2D eigenvalue weighted by atomic mass is 10.1. The van der Waals surface area contributed by atoms with Gasteiger partial charge < -0.3 is 10.3 Å². The molecule has 0 unspecified atom stereocenters. The number of fused-ring (bicyclic) bond motifs is 1. The molecule has 0 atom stereocenters. The third-order valence-electron chi connectivity index (χ3n) is 3.19. The molecule has 2 aromatic rings. The Bertz CT molecular complexity index is 613. The molecular formula is C13H12BrN3O. The number of rotatable bonds is 2. The van der Waals surface area contributed by atoms with Crippen LogP contribution in [0.25, 0.3) is 0 Å². The second-order valence-electron chi connectivity index (χ2n) is 4.41. The fourth-order valence-corrected chi connectivity index (χ4v) is 2.67. The molecule has 18 heavy (non-hydrogen) atoms. The van der Waals surface area contributed by atoms with E-state index in [1.165, 1.54) is 17.5 Å². The summed E-state index contributed by atoms with van der Waals surface area (Å²) >= 11 is 3.25. The van der Waals surface area contributed by atoms with Crippen molar-refractivity contribution in [3.8, 4) is 0 Å². The van der Waals surface area contributed by atoms with Gasteiger partial charge in [-0.2, -0.15) is 0 Å². The molecule has 1 aromatic heterocycles. The summed E-state index contributed by atoms with van der Waals surface area (Å²) in [6.45, 7) is 0. The van der Waals surface area contributed by atoms with Crippen LogP contribution in [0.4, 0.5) is 5.82 Å². The lowest BCUT2D eigenvalue weighted by molar-refractivity contribution is 0.766. The van der Waals surface area contributed by atoms with Gasteiger partial charge in [0, 0.05) is 6.04 Å². The van der Waals surface area contributed by atoms with Gasteiger partial charge in [-0.3, -0.25) is 4.79 Å². The number of nitrogens with zero attached hydrogens (tertiary/aromatic N) is 1. The molecule has 92 valence electrons. The minimum Gasteiger partial charge on any atom is -0.366 e. The van der Waals surface area contributed by atoms with E-state index in [9.17, 15) is 4.79 Å². The van der Waals surface area contributed by atoms with Crippen molar-refractivity contribution >= 4 is 21.7 Å². The highest BCUT2D eigenvalue weighted by Crippen LogP contribution is 2.25. The Morgan fingerprint density at radius 1 is 1.28 bits per heavy atom. The van der Waals surface area contributed by atoms with Crippen molar-refractivity contribution in [2.45, 2.75) is 18.9 Å². The zero-order valence-corrected chi connectivity index (χ0v) is 11.2. The van der Waals surface area contributed by atoms with Crippen LogP contribution in [0.5, 0.6) is 0 Å². The summed E-state index contributed by atoms with van der Waals surface area (Å²) in [5, 5.41) is 3.32. The molecule has 0 bridgehead atoms. The van der Waals surface area contributed by atoms with Crippen LogP contribution in [0.1, 0.15) is 11.1 Å². The first-order valence-electron chi connectivity index (χ1n) is 5.80. The lowest BCUT2D eigenvalue weighted by Gasteiger charge is -2.13. The summed E-state index contributed by atoms with van der Waals surface area (Å²) in [6.07, 6.45) is 3.35. The molecule has 3 rings (SSSR count). The zero-order chi connectivity index (χ0) is 12.5. The monoisotopic (exact) mass is 305 g/mol. The van der Waals surface area contributed by atoms with Crippen LogP contribution in [0.2, 0.25) is 0 Å². The molecule has 0 saturated heterocycles. The van der Waals surface area contributed by atoms with Crippen molar-refractivity contribution < 1.29 is 0 Å². The quantitative estimate of drug-likeness (QED) is 0.893. The molecule has 0 fully saturated rings. The molecule has 0 spiro atoms. The molecule has 1 aliphatic rings. The number of nitrogens with one attached hydrogen (secondary N) is 2. The Kier molecular flexibility index (Phi) is 2.91. The van der Waals surface area contributed by atoms with Crippen LogP contribution in [-0.2, 0) is 12.8 Å². The number of halogens is 1. The number of H-pyrrole nitrogens is 1. The largest absolute Gasteiger partial charge is 0.366 e. The van der Waals surface area contributed by atoms with Gasteiger partial charge in [0.05, 0.1) is 6.33 Å². The van der Waals surface area contributed by atoms with Crippen LogP contribution in [0.3, 0.4) is 0 Å². The van der Waals surface area contributed by atoms with Gasteiger partial charge in [0.1, 0.15) is 10.3 Å². The molecule has 5 heteroatoms. The maximum absolute atomic E-state index is 11.4. The van der Waals surface area contributed by atoms with Gasteiger partial charge in [0.15, 0.2) is 0 Å². The van der Waals surface area contributed by atoms with Crippen molar-refractivity contribution in [2.75, 3.05) is 5.32 Å². The first kappa shape index (κ1) is 11.5. The van der Waals surface area contributed by atoms with Crippen LogP contribution < -0.4 is 10.9 Å². The second-order valence-corrected chi connectivity index (χ2v) is 5.21. The minimum atomic E-state index is -0.164. The van der Waals surface area contributed by atoms with Gasteiger partial charge >= 0.3 is 0 Å². The Morgan fingerprint density at radius 2 is 1.94 bits per heavy atom. The topological polar surface area (TPSA) is 57.8 Å². The number of hydrogen-bond acceptors (Lipinski definition) is 3. The first-order valence-corrected chi connectivity index (χ1v) is 6.60. The summed E-state index contributed by atoms with van der Waals surface area (Å²) in [4.78, 5) is 18.1. The van der Waals surface area contributed by atoms with E-state index >= 15 is 0 Å². The number of benzene rings is 1. The van der Waals surface area contributed by atoms with Crippen molar-refractivity contribution in [1.29, 1.82) is 0 Å². The Morgan fingerprint density at radius 3 is 2.61 bits per heavy atom. The second kappa shape index (κ2) is 4.57. The van der Waals surface area contributed by atoms with Gasteiger partial charge in [-0.15, -0.1) is 0 Å². The van der Waals surface area contributed by atoms with E-state index in [0.29, 0.717) is 16.3 Å². The van der Waals surface area contributed by atoms with Crippen molar-refractivity contribution in [2.24, 2.45) is 0 Å². The summed E-state index contributed by atoms with van der Waals surface area (Å²) < 4.78 is 0.459. The van der Waals surface area contributed by atoms with E-state index in [1.54, 1.807) is 0 Å². The third kappa shape index (κ3) is 2.06.